The fourth-order valence-electron chi connectivity index (χ4n) is 3.03. The predicted molar refractivity (Wildman–Crippen MR) is 100 cm³/mol. The second kappa shape index (κ2) is 7.86. The lowest BCUT2D eigenvalue weighted by atomic mass is 10.1. The topological polar surface area (TPSA) is 98.0 Å². The van der Waals surface area contributed by atoms with Gasteiger partial charge in [0.1, 0.15) is 11.3 Å². The summed E-state index contributed by atoms with van der Waals surface area (Å²) in [6.07, 6.45) is 4.47. The largest absolute Gasteiger partial charge is 0.301 e. The van der Waals surface area contributed by atoms with E-state index in [1.165, 1.54) is 17.7 Å². The summed E-state index contributed by atoms with van der Waals surface area (Å²) in [7, 11) is 0. The van der Waals surface area contributed by atoms with Gasteiger partial charge in [0, 0.05) is 23.7 Å². The number of nitrogens with zero attached hydrogens (tertiary/aromatic N) is 6. The van der Waals surface area contributed by atoms with Crippen molar-refractivity contribution >= 4 is 28.2 Å². The maximum absolute atomic E-state index is 12.3. The van der Waals surface area contributed by atoms with Crippen LogP contribution in [0.5, 0.6) is 0 Å². The summed E-state index contributed by atoms with van der Waals surface area (Å²) in [5.41, 5.74) is 2.86. The standard InChI is InChI=1S/C17H23N7OS/c1-5-12(6-2)15-22-23-17(26-15)21-14(25)8-7-13-10(3)20-16-18-9-19-24(16)11(13)4/h9,12H,5-8H2,1-4H3,(H,21,23,25). The Morgan fingerprint density at radius 1 is 1.27 bits per heavy atom. The van der Waals surface area contributed by atoms with Crippen molar-refractivity contribution in [3.63, 3.8) is 0 Å². The fraction of sp³-hybridized carbons (Fsp3) is 0.529. The molecule has 0 saturated carbocycles. The minimum atomic E-state index is -0.0743. The summed E-state index contributed by atoms with van der Waals surface area (Å²) in [5.74, 6) is 0.912. The van der Waals surface area contributed by atoms with Gasteiger partial charge in [-0.3, -0.25) is 4.79 Å². The lowest BCUT2D eigenvalue weighted by molar-refractivity contribution is -0.116. The Labute approximate surface area is 156 Å². The molecule has 0 aliphatic heterocycles. The van der Waals surface area contributed by atoms with Crippen molar-refractivity contribution in [2.75, 3.05) is 5.32 Å². The Morgan fingerprint density at radius 2 is 2.04 bits per heavy atom. The maximum atomic E-state index is 12.3. The molecule has 0 spiro atoms. The number of hydrogen-bond donors (Lipinski definition) is 1. The summed E-state index contributed by atoms with van der Waals surface area (Å²) in [5, 5.41) is 16.9. The lowest BCUT2D eigenvalue weighted by Crippen LogP contribution is -2.14. The first-order chi connectivity index (χ1) is 12.5. The van der Waals surface area contributed by atoms with Crippen LogP contribution in [-0.2, 0) is 11.2 Å². The molecule has 0 radical (unpaired) electrons. The summed E-state index contributed by atoms with van der Waals surface area (Å²) in [4.78, 5) is 20.9. The smallest absolute Gasteiger partial charge is 0.252 e. The number of nitrogens with one attached hydrogen (secondary N) is 1. The van der Waals surface area contributed by atoms with Gasteiger partial charge in [-0.15, -0.1) is 10.2 Å². The highest BCUT2D eigenvalue weighted by Gasteiger charge is 2.16. The molecule has 0 bridgehead atoms. The van der Waals surface area contributed by atoms with E-state index in [0.29, 0.717) is 29.7 Å². The van der Waals surface area contributed by atoms with Crippen LogP contribution in [0.2, 0.25) is 0 Å². The zero-order valence-corrected chi connectivity index (χ0v) is 16.3. The average molecular weight is 373 g/mol. The number of amides is 1. The molecule has 3 rings (SSSR count). The first kappa shape index (κ1) is 18.4. The van der Waals surface area contributed by atoms with Gasteiger partial charge in [0.2, 0.25) is 11.0 Å². The van der Waals surface area contributed by atoms with E-state index in [2.05, 4.69) is 44.4 Å². The lowest BCUT2D eigenvalue weighted by Gasteiger charge is -2.10. The Kier molecular flexibility index (Phi) is 5.55. The molecule has 3 aromatic heterocycles. The normalized spacial score (nSPS) is 11.4. The molecule has 0 aromatic carbocycles. The first-order valence-corrected chi connectivity index (χ1v) is 9.64. The molecule has 138 valence electrons. The molecule has 9 heteroatoms. The van der Waals surface area contributed by atoms with Gasteiger partial charge >= 0.3 is 0 Å². The number of anilines is 1. The molecular weight excluding hydrogens is 350 g/mol. The predicted octanol–water partition coefficient (Wildman–Crippen LogP) is 3.07. The van der Waals surface area contributed by atoms with Gasteiger partial charge in [0.15, 0.2) is 0 Å². The minimum absolute atomic E-state index is 0.0743. The number of fused-ring (bicyclic) bond motifs is 1. The van der Waals surface area contributed by atoms with Crippen molar-refractivity contribution in [3.05, 3.63) is 28.3 Å². The maximum Gasteiger partial charge on any atom is 0.252 e. The third-order valence-electron chi connectivity index (χ3n) is 4.61. The molecule has 0 aliphatic carbocycles. The molecule has 0 aliphatic rings. The monoisotopic (exact) mass is 373 g/mol. The highest BCUT2D eigenvalue weighted by atomic mass is 32.1. The molecule has 1 N–H and O–H groups in total. The van der Waals surface area contributed by atoms with Crippen molar-refractivity contribution in [3.8, 4) is 0 Å². The van der Waals surface area contributed by atoms with E-state index in [4.69, 9.17) is 0 Å². The molecule has 8 nitrogen and oxygen atoms in total. The Hall–Kier alpha value is -2.42. The van der Waals surface area contributed by atoms with Crippen LogP contribution in [0, 0.1) is 13.8 Å². The second-order valence-electron chi connectivity index (χ2n) is 6.24. The van der Waals surface area contributed by atoms with E-state index in [0.717, 1.165) is 34.8 Å². The van der Waals surface area contributed by atoms with Crippen molar-refractivity contribution in [2.24, 2.45) is 0 Å². The fourth-order valence-corrected chi connectivity index (χ4v) is 4.05. The van der Waals surface area contributed by atoms with Gasteiger partial charge in [-0.1, -0.05) is 25.2 Å². The van der Waals surface area contributed by atoms with E-state index in [1.807, 2.05) is 13.8 Å². The number of rotatable bonds is 7. The number of aryl methyl sites for hydroxylation is 2. The number of aromatic nitrogens is 6. The van der Waals surface area contributed by atoms with Crippen molar-refractivity contribution in [1.82, 2.24) is 29.8 Å². The molecule has 3 aromatic rings. The third-order valence-corrected chi connectivity index (χ3v) is 5.61. The van der Waals surface area contributed by atoms with Crippen LogP contribution in [0.4, 0.5) is 5.13 Å². The van der Waals surface area contributed by atoms with Crippen molar-refractivity contribution in [2.45, 2.75) is 59.3 Å². The van der Waals surface area contributed by atoms with Crippen LogP contribution in [-0.4, -0.2) is 35.7 Å². The van der Waals surface area contributed by atoms with E-state index in [9.17, 15) is 4.79 Å². The molecule has 0 atom stereocenters. The van der Waals surface area contributed by atoms with Crippen molar-refractivity contribution in [1.29, 1.82) is 0 Å². The van der Waals surface area contributed by atoms with E-state index < -0.39 is 0 Å². The first-order valence-electron chi connectivity index (χ1n) is 8.82. The molecule has 3 heterocycles. The summed E-state index contributed by atoms with van der Waals surface area (Å²) >= 11 is 1.46. The second-order valence-corrected chi connectivity index (χ2v) is 7.25. The van der Waals surface area contributed by atoms with Crippen molar-refractivity contribution < 1.29 is 4.79 Å². The third kappa shape index (κ3) is 3.72. The van der Waals surface area contributed by atoms with Gasteiger partial charge in [0.25, 0.3) is 5.78 Å². The molecule has 0 saturated heterocycles. The number of carbonyl (C=O) groups is 1. The van der Waals surface area contributed by atoms with Gasteiger partial charge < -0.3 is 5.32 Å². The molecule has 0 unspecified atom stereocenters. The van der Waals surface area contributed by atoms with Crippen LogP contribution >= 0.6 is 11.3 Å². The summed E-state index contributed by atoms with van der Waals surface area (Å²) in [6.45, 7) is 8.18. The summed E-state index contributed by atoms with van der Waals surface area (Å²) < 4.78 is 1.70. The molecule has 26 heavy (non-hydrogen) atoms. The number of hydrogen-bond acceptors (Lipinski definition) is 7. The molecule has 1 amide bonds. The van der Waals surface area contributed by atoms with E-state index in [-0.39, 0.29) is 5.91 Å². The van der Waals surface area contributed by atoms with E-state index >= 15 is 0 Å². The highest BCUT2D eigenvalue weighted by Crippen LogP contribution is 2.28. The minimum Gasteiger partial charge on any atom is -0.301 e. The Balaban J connectivity index is 1.64. The van der Waals surface area contributed by atoms with Gasteiger partial charge in [-0.25, -0.2) is 9.50 Å². The van der Waals surface area contributed by atoms with E-state index in [1.54, 1.807) is 4.52 Å². The van der Waals surface area contributed by atoms with Gasteiger partial charge in [-0.05, 0) is 38.7 Å². The van der Waals surface area contributed by atoms with Crippen LogP contribution in [0.25, 0.3) is 5.78 Å². The van der Waals surface area contributed by atoms with Crippen LogP contribution in [0.1, 0.15) is 61.0 Å². The zero-order chi connectivity index (χ0) is 18.7. The molecule has 0 fully saturated rings. The summed E-state index contributed by atoms with van der Waals surface area (Å²) in [6, 6.07) is 0. The number of carbonyl (C=O) groups excluding carboxylic acids is 1. The van der Waals surface area contributed by atoms with Gasteiger partial charge in [0.05, 0.1) is 0 Å². The van der Waals surface area contributed by atoms with Gasteiger partial charge in [-0.2, -0.15) is 10.1 Å². The highest BCUT2D eigenvalue weighted by molar-refractivity contribution is 7.15. The zero-order valence-electron chi connectivity index (χ0n) is 15.5. The van der Waals surface area contributed by atoms with Crippen LogP contribution < -0.4 is 5.32 Å². The average Bonchev–Trinajstić information content (AvgIpc) is 3.25. The molecular formula is C17H23N7OS. The van der Waals surface area contributed by atoms with Crippen LogP contribution in [0.15, 0.2) is 6.33 Å². The quantitative estimate of drug-likeness (QED) is 0.683. The SMILES string of the molecule is CCC(CC)c1nnc(NC(=O)CCc2c(C)nc3ncnn3c2C)s1. The Morgan fingerprint density at radius 3 is 2.77 bits per heavy atom. The Bertz CT molecular complexity index is 913. The van der Waals surface area contributed by atoms with Crippen LogP contribution in [0.3, 0.4) is 0 Å².